The van der Waals surface area contributed by atoms with Crippen LogP contribution in [0.1, 0.15) is 13.8 Å². The number of nitrogens with zero attached hydrogens (tertiary/aromatic N) is 2. The third-order valence-corrected chi connectivity index (χ3v) is 4.91. The summed E-state index contributed by atoms with van der Waals surface area (Å²) in [6.45, 7) is 3.60. The van der Waals surface area contributed by atoms with E-state index in [0.29, 0.717) is 5.69 Å². The highest BCUT2D eigenvalue weighted by molar-refractivity contribution is 8.01. The van der Waals surface area contributed by atoms with Crippen molar-refractivity contribution in [1.82, 2.24) is 15.5 Å². The van der Waals surface area contributed by atoms with Gasteiger partial charge in [-0.3, -0.25) is 9.59 Å². The number of anilines is 1. The Morgan fingerprint density at radius 3 is 2.58 bits per heavy atom. The van der Waals surface area contributed by atoms with Crippen molar-refractivity contribution in [1.29, 1.82) is 0 Å². The number of benzene rings is 1. The van der Waals surface area contributed by atoms with Gasteiger partial charge in [0.25, 0.3) is 0 Å². The largest absolute Gasteiger partial charge is 0.346 e. The molecule has 0 aliphatic heterocycles. The number of carbonyl (C=O) groups is 2. The third kappa shape index (κ3) is 5.59. The molecule has 2 rings (SSSR count). The first kappa shape index (κ1) is 18.4. The van der Waals surface area contributed by atoms with Gasteiger partial charge in [-0.15, -0.1) is 10.2 Å². The molecule has 0 aliphatic rings. The highest BCUT2D eigenvalue weighted by Crippen LogP contribution is 2.29. The highest BCUT2D eigenvalue weighted by Gasteiger charge is 2.17. The van der Waals surface area contributed by atoms with E-state index in [0.717, 1.165) is 9.24 Å². The number of nitrogens with one attached hydrogen (secondary N) is 2. The van der Waals surface area contributed by atoms with E-state index in [-0.39, 0.29) is 24.3 Å². The molecule has 24 heavy (non-hydrogen) atoms. The van der Waals surface area contributed by atoms with Crippen LogP contribution in [0.25, 0.3) is 0 Å². The molecule has 4 N–H and O–H groups in total. The summed E-state index contributed by atoms with van der Waals surface area (Å²) in [5.74, 6) is -0.612. The standard InChI is InChI=1S/C15H19N5O2S2/c1-9(2)13(16)14(22)17-7-12(21)19-10-3-5-11(6-4-10)24-15-20-18-8-23-15/h3-6,8-9,13H,7,16H2,1-2H3,(H,17,22)(H,19,21)/t13-/m0/s1. The zero-order valence-corrected chi connectivity index (χ0v) is 15.0. The van der Waals surface area contributed by atoms with Gasteiger partial charge in [0.1, 0.15) is 5.51 Å². The predicted octanol–water partition coefficient (Wildman–Crippen LogP) is 1.73. The Kier molecular flexibility index (Phi) is 6.71. The molecule has 128 valence electrons. The molecule has 0 spiro atoms. The second kappa shape index (κ2) is 8.76. The molecule has 0 saturated carbocycles. The van der Waals surface area contributed by atoms with Crippen LogP contribution < -0.4 is 16.4 Å². The molecule has 0 aliphatic carbocycles. The van der Waals surface area contributed by atoms with Gasteiger partial charge in [-0.1, -0.05) is 36.9 Å². The molecule has 2 amide bonds. The number of nitrogens with two attached hydrogens (primary N) is 1. The summed E-state index contributed by atoms with van der Waals surface area (Å²) in [6, 6.07) is 6.74. The Labute approximate surface area is 148 Å². The maximum atomic E-state index is 11.9. The van der Waals surface area contributed by atoms with Crippen LogP contribution in [0.5, 0.6) is 0 Å². The summed E-state index contributed by atoms with van der Waals surface area (Å²) < 4.78 is 0.857. The fourth-order valence-electron chi connectivity index (χ4n) is 1.71. The van der Waals surface area contributed by atoms with Crippen LogP contribution in [0.15, 0.2) is 39.0 Å². The third-order valence-electron chi connectivity index (χ3n) is 3.13. The topological polar surface area (TPSA) is 110 Å². The highest BCUT2D eigenvalue weighted by atomic mass is 32.2. The SMILES string of the molecule is CC(C)[C@H](N)C(=O)NCC(=O)Nc1ccc(Sc2nncs2)cc1. The lowest BCUT2D eigenvalue weighted by Crippen LogP contribution is -2.46. The summed E-state index contributed by atoms with van der Waals surface area (Å²) >= 11 is 2.97. The first-order chi connectivity index (χ1) is 11.5. The molecule has 0 bridgehead atoms. The van der Waals surface area contributed by atoms with Gasteiger partial charge in [-0.25, -0.2) is 0 Å². The van der Waals surface area contributed by atoms with E-state index in [1.54, 1.807) is 17.6 Å². The summed E-state index contributed by atoms with van der Waals surface area (Å²) in [5.41, 5.74) is 8.05. The van der Waals surface area contributed by atoms with Crippen LogP contribution in [-0.4, -0.2) is 34.6 Å². The van der Waals surface area contributed by atoms with E-state index >= 15 is 0 Å². The number of carbonyl (C=O) groups excluding carboxylic acids is 2. The van der Waals surface area contributed by atoms with Crippen LogP contribution >= 0.6 is 23.1 Å². The molecular formula is C15H19N5O2S2. The molecule has 0 radical (unpaired) electrons. The zero-order chi connectivity index (χ0) is 17.5. The van der Waals surface area contributed by atoms with E-state index in [1.807, 2.05) is 26.0 Å². The van der Waals surface area contributed by atoms with Crippen molar-refractivity contribution >= 4 is 40.6 Å². The van der Waals surface area contributed by atoms with E-state index in [2.05, 4.69) is 20.8 Å². The fraction of sp³-hybridized carbons (Fsp3) is 0.333. The Morgan fingerprint density at radius 2 is 2.00 bits per heavy atom. The first-order valence-electron chi connectivity index (χ1n) is 7.33. The molecule has 1 heterocycles. The second-order valence-electron chi connectivity index (χ2n) is 5.37. The van der Waals surface area contributed by atoms with Gasteiger partial charge in [0.15, 0.2) is 4.34 Å². The molecule has 7 nitrogen and oxygen atoms in total. The predicted molar refractivity (Wildman–Crippen MR) is 94.9 cm³/mol. The molecule has 1 aromatic heterocycles. The minimum Gasteiger partial charge on any atom is -0.346 e. The van der Waals surface area contributed by atoms with Gasteiger partial charge in [0.2, 0.25) is 11.8 Å². The Morgan fingerprint density at radius 1 is 1.29 bits per heavy atom. The first-order valence-corrected chi connectivity index (χ1v) is 9.02. The molecule has 0 unspecified atom stereocenters. The average Bonchev–Trinajstić information content (AvgIpc) is 3.06. The molecule has 1 atom stereocenters. The summed E-state index contributed by atoms with van der Waals surface area (Å²) in [4.78, 5) is 24.6. The number of aromatic nitrogens is 2. The lowest BCUT2D eigenvalue weighted by molar-refractivity contribution is -0.125. The van der Waals surface area contributed by atoms with E-state index in [4.69, 9.17) is 5.73 Å². The van der Waals surface area contributed by atoms with Crippen molar-refractivity contribution in [3.8, 4) is 0 Å². The summed E-state index contributed by atoms with van der Waals surface area (Å²) in [5, 5.41) is 13.0. The van der Waals surface area contributed by atoms with Crippen LogP contribution in [0.2, 0.25) is 0 Å². The second-order valence-corrected chi connectivity index (χ2v) is 7.52. The van der Waals surface area contributed by atoms with Crippen LogP contribution in [0.4, 0.5) is 5.69 Å². The van der Waals surface area contributed by atoms with Crippen molar-refractivity contribution in [3.05, 3.63) is 29.8 Å². The molecule has 0 saturated heterocycles. The lowest BCUT2D eigenvalue weighted by Gasteiger charge is -2.15. The minimum atomic E-state index is -0.616. The quantitative estimate of drug-likeness (QED) is 0.689. The van der Waals surface area contributed by atoms with Gasteiger partial charge in [-0.05, 0) is 30.2 Å². The van der Waals surface area contributed by atoms with Crippen molar-refractivity contribution in [3.63, 3.8) is 0 Å². The Hall–Kier alpha value is -1.97. The molecule has 9 heteroatoms. The normalized spacial score (nSPS) is 12.0. The number of amides is 2. The van der Waals surface area contributed by atoms with E-state index in [1.165, 1.54) is 23.1 Å². The number of hydrogen-bond acceptors (Lipinski definition) is 7. The Bertz CT molecular complexity index is 674. The summed E-state index contributed by atoms with van der Waals surface area (Å²) in [6.07, 6.45) is 0. The van der Waals surface area contributed by atoms with Gasteiger partial charge in [0.05, 0.1) is 12.6 Å². The van der Waals surface area contributed by atoms with Gasteiger partial charge < -0.3 is 16.4 Å². The van der Waals surface area contributed by atoms with Crippen molar-refractivity contribution in [2.24, 2.45) is 11.7 Å². The van der Waals surface area contributed by atoms with Crippen molar-refractivity contribution < 1.29 is 9.59 Å². The maximum absolute atomic E-state index is 11.9. The Balaban J connectivity index is 1.80. The summed E-state index contributed by atoms with van der Waals surface area (Å²) in [7, 11) is 0. The molecular weight excluding hydrogens is 346 g/mol. The smallest absolute Gasteiger partial charge is 0.243 e. The fourth-order valence-corrected chi connectivity index (χ4v) is 3.16. The van der Waals surface area contributed by atoms with Crippen LogP contribution in [-0.2, 0) is 9.59 Å². The monoisotopic (exact) mass is 365 g/mol. The van der Waals surface area contributed by atoms with Crippen molar-refractivity contribution in [2.75, 3.05) is 11.9 Å². The van der Waals surface area contributed by atoms with Gasteiger partial charge in [0, 0.05) is 10.6 Å². The van der Waals surface area contributed by atoms with E-state index < -0.39 is 6.04 Å². The molecule has 1 aromatic carbocycles. The minimum absolute atomic E-state index is 0.0196. The van der Waals surface area contributed by atoms with Crippen LogP contribution in [0.3, 0.4) is 0 Å². The molecule has 0 fully saturated rings. The molecule has 2 aromatic rings. The number of rotatable bonds is 7. The van der Waals surface area contributed by atoms with Gasteiger partial charge >= 0.3 is 0 Å². The van der Waals surface area contributed by atoms with E-state index in [9.17, 15) is 9.59 Å². The van der Waals surface area contributed by atoms with Gasteiger partial charge in [-0.2, -0.15) is 0 Å². The average molecular weight is 365 g/mol. The van der Waals surface area contributed by atoms with Crippen molar-refractivity contribution in [2.45, 2.75) is 29.1 Å². The number of hydrogen-bond donors (Lipinski definition) is 3. The lowest BCUT2D eigenvalue weighted by atomic mass is 10.1. The maximum Gasteiger partial charge on any atom is 0.243 e. The zero-order valence-electron chi connectivity index (χ0n) is 13.4. The van der Waals surface area contributed by atoms with Crippen LogP contribution in [0, 0.1) is 5.92 Å².